The monoisotopic (exact) mass is 451 g/mol. The second kappa shape index (κ2) is 8.45. The Kier molecular flexibility index (Phi) is 5.61. The third-order valence-corrected chi connectivity index (χ3v) is 7.92. The van der Waals surface area contributed by atoms with Crippen LogP contribution in [0.4, 0.5) is 5.69 Å². The number of carbonyl (C=O) groups excluding carboxylic acids is 3. The molecule has 4 saturated carbocycles. The first-order chi connectivity index (χ1) is 15.8. The number of amides is 2. The van der Waals surface area contributed by atoms with E-state index in [1.165, 1.54) is 30.2 Å². The van der Waals surface area contributed by atoms with Gasteiger partial charge in [0.25, 0.3) is 5.91 Å². The van der Waals surface area contributed by atoms with Crippen LogP contribution < -0.4 is 5.32 Å². The Balaban J connectivity index is 1.22. The molecule has 174 valence electrons. The number of nitrogens with one attached hydrogen (secondary N) is 1. The molecule has 0 radical (unpaired) electrons. The van der Waals surface area contributed by atoms with E-state index in [2.05, 4.69) is 5.32 Å². The molecule has 8 heteroatoms. The first kappa shape index (κ1) is 21.9. The standard InChI is InChI=1S/C25H29N3O5/c26-12-15-2-1-3-19(7-15)27-22(30)14-33-23(31)21-8-20(29)13-28(21)24(32)25-9-16-4-17(10-25)6-18(5-16)11-25/h1-3,7,16-18,20-21,29H,4-6,8-11,13-14H2,(H,27,30)/t16?,17?,18?,20?,21-,25?/m0/s1. The van der Waals surface area contributed by atoms with Gasteiger partial charge in [0.2, 0.25) is 5.91 Å². The predicted octanol–water partition coefficient (Wildman–Crippen LogP) is 2.22. The molecule has 4 aliphatic carbocycles. The van der Waals surface area contributed by atoms with Crippen molar-refractivity contribution in [2.24, 2.45) is 23.2 Å². The molecule has 2 amide bonds. The van der Waals surface area contributed by atoms with Crippen molar-refractivity contribution >= 4 is 23.5 Å². The number of anilines is 1. The smallest absolute Gasteiger partial charge is 0.329 e. The van der Waals surface area contributed by atoms with E-state index in [0.717, 1.165) is 19.3 Å². The van der Waals surface area contributed by atoms with E-state index in [0.29, 0.717) is 29.0 Å². The van der Waals surface area contributed by atoms with E-state index in [1.54, 1.807) is 18.2 Å². The Bertz CT molecular complexity index is 980. The summed E-state index contributed by atoms with van der Waals surface area (Å²) in [5, 5.41) is 21.8. The SMILES string of the molecule is N#Cc1cccc(NC(=O)COC(=O)[C@@H]2CC(O)CN2C(=O)C23CC4CC(CC(C4)C2)C3)c1. The number of ether oxygens (including phenoxy) is 1. The molecule has 8 nitrogen and oxygen atoms in total. The summed E-state index contributed by atoms with van der Waals surface area (Å²) in [6.45, 7) is -0.366. The zero-order valence-corrected chi connectivity index (χ0v) is 18.5. The number of nitriles is 1. The Morgan fingerprint density at radius 2 is 1.79 bits per heavy atom. The fourth-order valence-corrected chi connectivity index (χ4v) is 7.04. The molecule has 1 saturated heterocycles. The second-order valence-corrected chi connectivity index (χ2v) is 10.4. The van der Waals surface area contributed by atoms with Gasteiger partial charge in [0.1, 0.15) is 6.04 Å². The van der Waals surface area contributed by atoms with Gasteiger partial charge in [-0.05, 0) is 74.5 Å². The van der Waals surface area contributed by atoms with Crippen LogP contribution in [0.2, 0.25) is 0 Å². The fraction of sp³-hybridized carbons (Fsp3) is 0.600. The van der Waals surface area contributed by atoms with E-state index in [1.807, 2.05) is 6.07 Å². The van der Waals surface area contributed by atoms with Crippen molar-refractivity contribution in [1.82, 2.24) is 4.90 Å². The second-order valence-electron chi connectivity index (χ2n) is 10.4. The van der Waals surface area contributed by atoms with Crippen LogP contribution in [0, 0.1) is 34.5 Å². The highest BCUT2D eigenvalue weighted by Crippen LogP contribution is 2.60. The maximum Gasteiger partial charge on any atom is 0.329 e. The number of esters is 1. The number of nitrogens with zero attached hydrogens (tertiary/aromatic N) is 2. The molecule has 4 bridgehead atoms. The minimum absolute atomic E-state index is 0.0159. The maximum atomic E-state index is 13.7. The van der Waals surface area contributed by atoms with Crippen molar-refractivity contribution in [3.05, 3.63) is 29.8 Å². The van der Waals surface area contributed by atoms with Crippen LogP contribution in [-0.2, 0) is 19.1 Å². The molecule has 5 aliphatic rings. The van der Waals surface area contributed by atoms with Gasteiger partial charge in [-0.25, -0.2) is 4.79 Å². The Morgan fingerprint density at radius 3 is 2.42 bits per heavy atom. The van der Waals surface area contributed by atoms with Gasteiger partial charge >= 0.3 is 5.97 Å². The fourth-order valence-electron chi connectivity index (χ4n) is 7.04. The first-order valence-electron chi connectivity index (χ1n) is 11.8. The van der Waals surface area contributed by atoms with Crippen LogP contribution in [0.5, 0.6) is 0 Å². The van der Waals surface area contributed by atoms with E-state index < -0.39 is 36.0 Å². The molecule has 6 rings (SSSR count). The van der Waals surface area contributed by atoms with Crippen molar-refractivity contribution in [2.45, 2.75) is 57.1 Å². The van der Waals surface area contributed by atoms with Crippen LogP contribution >= 0.6 is 0 Å². The normalized spacial score (nSPS) is 34.1. The van der Waals surface area contributed by atoms with Crippen molar-refractivity contribution < 1.29 is 24.2 Å². The average molecular weight is 452 g/mol. The third-order valence-electron chi connectivity index (χ3n) is 7.92. The van der Waals surface area contributed by atoms with Crippen molar-refractivity contribution in [1.29, 1.82) is 5.26 Å². The van der Waals surface area contributed by atoms with Gasteiger partial charge in [-0.2, -0.15) is 5.26 Å². The zero-order valence-electron chi connectivity index (χ0n) is 18.5. The lowest BCUT2D eigenvalue weighted by Gasteiger charge is -2.56. The number of carbonyl (C=O) groups is 3. The summed E-state index contributed by atoms with van der Waals surface area (Å²) in [5.41, 5.74) is 0.439. The topological polar surface area (TPSA) is 120 Å². The highest BCUT2D eigenvalue weighted by Gasteiger charge is 2.57. The average Bonchev–Trinajstić information content (AvgIpc) is 3.17. The molecule has 33 heavy (non-hydrogen) atoms. The van der Waals surface area contributed by atoms with Crippen LogP contribution in [0.25, 0.3) is 0 Å². The van der Waals surface area contributed by atoms with E-state index in [-0.39, 0.29) is 18.9 Å². The number of hydrogen-bond acceptors (Lipinski definition) is 6. The molecule has 1 unspecified atom stereocenters. The van der Waals surface area contributed by atoms with Crippen LogP contribution in [0.3, 0.4) is 0 Å². The molecule has 0 spiro atoms. The highest BCUT2D eigenvalue weighted by atomic mass is 16.5. The molecular weight excluding hydrogens is 422 g/mol. The quantitative estimate of drug-likeness (QED) is 0.663. The van der Waals surface area contributed by atoms with Crippen LogP contribution in [-0.4, -0.2) is 53.1 Å². The minimum atomic E-state index is -0.866. The van der Waals surface area contributed by atoms with Gasteiger partial charge in [0.15, 0.2) is 6.61 Å². The summed E-state index contributed by atoms with van der Waals surface area (Å²) in [5.74, 6) is 0.587. The van der Waals surface area contributed by atoms with Gasteiger partial charge in [0.05, 0.1) is 23.2 Å². The van der Waals surface area contributed by atoms with Crippen molar-refractivity contribution in [3.63, 3.8) is 0 Å². The zero-order chi connectivity index (χ0) is 23.2. The van der Waals surface area contributed by atoms with E-state index in [9.17, 15) is 19.5 Å². The maximum absolute atomic E-state index is 13.7. The summed E-state index contributed by atoms with van der Waals surface area (Å²) in [4.78, 5) is 40.3. The predicted molar refractivity (Wildman–Crippen MR) is 117 cm³/mol. The molecule has 0 aromatic heterocycles. The number of hydrogen-bond donors (Lipinski definition) is 2. The van der Waals surface area contributed by atoms with Gasteiger partial charge in [0, 0.05) is 18.7 Å². The number of rotatable bonds is 5. The Hall–Kier alpha value is -2.92. The first-order valence-corrected chi connectivity index (χ1v) is 11.8. The van der Waals surface area contributed by atoms with Gasteiger partial charge in [-0.1, -0.05) is 6.07 Å². The lowest BCUT2D eigenvalue weighted by Crippen LogP contribution is -2.56. The number of β-amino-alcohol motifs (C(OH)–C–C–N with tert-alkyl or cyclic N) is 1. The molecule has 1 aromatic carbocycles. The van der Waals surface area contributed by atoms with Crippen molar-refractivity contribution in [2.75, 3.05) is 18.5 Å². The number of aliphatic hydroxyl groups excluding tert-OH is 1. The van der Waals surface area contributed by atoms with Crippen molar-refractivity contribution in [3.8, 4) is 6.07 Å². The lowest BCUT2D eigenvalue weighted by molar-refractivity contribution is -0.166. The summed E-state index contributed by atoms with van der Waals surface area (Å²) < 4.78 is 5.24. The van der Waals surface area contributed by atoms with Gasteiger partial charge in [-0.15, -0.1) is 0 Å². The Labute approximate surface area is 192 Å². The number of aliphatic hydroxyl groups is 1. The van der Waals surface area contributed by atoms with Gasteiger partial charge in [-0.3, -0.25) is 9.59 Å². The molecule has 1 aromatic rings. The molecule has 2 N–H and O–H groups in total. The summed E-state index contributed by atoms with van der Waals surface area (Å²) in [6, 6.07) is 7.56. The lowest BCUT2D eigenvalue weighted by atomic mass is 9.49. The summed E-state index contributed by atoms with van der Waals surface area (Å²) >= 11 is 0. The molecule has 5 fully saturated rings. The van der Waals surface area contributed by atoms with Crippen LogP contribution in [0.15, 0.2) is 24.3 Å². The number of likely N-dealkylation sites (tertiary alicyclic amines) is 1. The highest BCUT2D eigenvalue weighted by molar-refractivity contribution is 5.94. The largest absolute Gasteiger partial charge is 0.454 e. The van der Waals surface area contributed by atoms with Gasteiger partial charge < -0.3 is 20.1 Å². The van der Waals surface area contributed by atoms with E-state index in [4.69, 9.17) is 10.00 Å². The molecule has 2 atom stereocenters. The number of benzene rings is 1. The molecule has 1 heterocycles. The van der Waals surface area contributed by atoms with Crippen LogP contribution in [0.1, 0.15) is 50.5 Å². The summed E-state index contributed by atoms with van der Waals surface area (Å²) in [6.07, 6.45) is 5.65. The minimum Gasteiger partial charge on any atom is -0.454 e. The third kappa shape index (κ3) is 4.22. The Morgan fingerprint density at radius 1 is 1.12 bits per heavy atom. The molecular formula is C25H29N3O5. The molecule has 1 aliphatic heterocycles. The van der Waals surface area contributed by atoms with E-state index >= 15 is 0 Å². The summed E-state index contributed by atoms with van der Waals surface area (Å²) in [7, 11) is 0.